The number of hydrogen-bond donors (Lipinski definition) is 3. The smallest absolute Gasteiger partial charge is 0.393 e. The Morgan fingerprint density at radius 1 is 1.23 bits per heavy atom. The van der Waals surface area contributed by atoms with Gasteiger partial charge in [-0.2, -0.15) is 13.2 Å². The highest BCUT2D eigenvalue weighted by molar-refractivity contribution is 6.55. The fourth-order valence-electron chi connectivity index (χ4n) is 5.08. The number of hydrogen-bond acceptors (Lipinski definition) is 6. The predicted octanol–water partition coefficient (Wildman–Crippen LogP) is 6.09. The Morgan fingerprint density at radius 2 is 1.97 bits per heavy atom. The molecular formula is C28H34F5N5O. The maximum atomic E-state index is 14.5. The standard InChI is InChI=1S/C28H34F5N5O/c1-18-14-27(29,30)12-7-9-20(26(39)25(34)22(16-35-2)23-10-5-6-13-36-23)21(18)17-38-24-11-4-3-8-19(15-37-24)28(31,32)33/h5-6,8,10-11,13,15-16,18,20-21,34-35,38H,3-4,7,9,12,14,17H2,1-2H3/b19-8-,22-16-,24-11+,34-25?,37-15-/t18-,20?,21?/m1/s1. The number of carbonyl (C=O) groups is 1. The Bertz CT molecular complexity index is 1140. The van der Waals surface area contributed by atoms with E-state index >= 15 is 0 Å². The highest BCUT2D eigenvalue weighted by atomic mass is 19.4. The lowest BCUT2D eigenvalue weighted by molar-refractivity contribution is -0.121. The number of alkyl halides is 5. The van der Waals surface area contributed by atoms with E-state index in [1.54, 1.807) is 44.4 Å². The van der Waals surface area contributed by atoms with Crippen molar-refractivity contribution >= 4 is 23.3 Å². The van der Waals surface area contributed by atoms with Crippen molar-refractivity contribution in [1.29, 1.82) is 5.41 Å². The number of nitrogens with one attached hydrogen (secondary N) is 3. The van der Waals surface area contributed by atoms with Crippen LogP contribution in [0.15, 0.2) is 59.1 Å². The second-order valence-corrected chi connectivity index (χ2v) is 9.96. The highest BCUT2D eigenvalue weighted by Gasteiger charge is 2.42. The Hall–Kier alpha value is -3.37. The van der Waals surface area contributed by atoms with Gasteiger partial charge in [0.25, 0.3) is 0 Å². The van der Waals surface area contributed by atoms with Gasteiger partial charge in [0, 0.05) is 56.5 Å². The van der Waals surface area contributed by atoms with Gasteiger partial charge in [-0.15, -0.1) is 0 Å². The topological polar surface area (TPSA) is 90.2 Å². The number of halogens is 5. The lowest BCUT2D eigenvalue weighted by Crippen LogP contribution is -2.42. The summed E-state index contributed by atoms with van der Waals surface area (Å²) in [6.07, 6.45) is 1.96. The quantitative estimate of drug-likeness (QED) is 0.269. The lowest BCUT2D eigenvalue weighted by Gasteiger charge is -2.36. The van der Waals surface area contributed by atoms with Crippen molar-refractivity contribution in [3.63, 3.8) is 0 Å². The molecule has 1 aromatic heterocycles. The molecular weight excluding hydrogens is 517 g/mol. The van der Waals surface area contributed by atoms with Crippen LogP contribution in [0, 0.1) is 23.2 Å². The number of aromatic nitrogens is 1. The number of ketones is 1. The van der Waals surface area contributed by atoms with E-state index in [4.69, 9.17) is 5.41 Å². The fraction of sp³-hybridized carbons (Fsp3) is 0.500. The molecule has 212 valence electrons. The van der Waals surface area contributed by atoms with E-state index < -0.39 is 47.6 Å². The second-order valence-electron chi connectivity index (χ2n) is 9.96. The molecule has 2 unspecified atom stereocenters. The first-order chi connectivity index (χ1) is 18.4. The van der Waals surface area contributed by atoms with Crippen molar-refractivity contribution in [3.05, 3.63) is 59.8 Å². The van der Waals surface area contributed by atoms with E-state index in [2.05, 4.69) is 20.6 Å². The van der Waals surface area contributed by atoms with Crippen molar-refractivity contribution < 1.29 is 26.7 Å². The van der Waals surface area contributed by atoms with E-state index in [9.17, 15) is 26.7 Å². The number of rotatable bonds is 8. The van der Waals surface area contributed by atoms with E-state index in [-0.39, 0.29) is 49.3 Å². The van der Waals surface area contributed by atoms with Crippen molar-refractivity contribution in [1.82, 2.24) is 15.6 Å². The summed E-state index contributed by atoms with van der Waals surface area (Å²) < 4.78 is 68.6. The molecule has 0 bridgehead atoms. The van der Waals surface area contributed by atoms with Crippen LogP contribution < -0.4 is 10.6 Å². The number of nitrogens with zero attached hydrogens (tertiary/aromatic N) is 2. The number of Topliss-reactive ketones (excluding diaryl/α,β-unsaturated/α-hetero) is 1. The molecule has 1 aliphatic heterocycles. The summed E-state index contributed by atoms with van der Waals surface area (Å²) >= 11 is 0. The van der Waals surface area contributed by atoms with Gasteiger partial charge in [-0.05, 0) is 55.7 Å². The third-order valence-electron chi connectivity index (χ3n) is 7.07. The molecule has 0 radical (unpaired) electrons. The first kappa shape index (κ1) is 30.2. The molecule has 1 saturated carbocycles. The van der Waals surface area contributed by atoms with Crippen LogP contribution in [0.3, 0.4) is 0 Å². The molecule has 1 aliphatic carbocycles. The molecule has 0 amide bonds. The minimum absolute atomic E-state index is 0.0455. The highest BCUT2D eigenvalue weighted by Crippen LogP contribution is 2.40. The van der Waals surface area contributed by atoms with Crippen molar-refractivity contribution in [2.24, 2.45) is 22.7 Å². The zero-order chi connectivity index (χ0) is 28.6. The van der Waals surface area contributed by atoms with Crippen LogP contribution in [-0.4, -0.2) is 48.4 Å². The van der Waals surface area contributed by atoms with Crippen LogP contribution in [0.4, 0.5) is 22.0 Å². The van der Waals surface area contributed by atoms with Crippen LogP contribution in [0.2, 0.25) is 0 Å². The maximum Gasteiger partial charge on any atom is 0.417 e. The molecule has 1 aromatic rings. The second kappa shape index (κ2) is 13.1. The van der Waals surface area contributed by atoms with Crippen molar-refractivity contribution in [3.8, 4) is 0 Å². The van der Waals surface area contributed by atoms with Crippen LogP contribution >= 0.6 is 0 Å². The first-order valence-corrected chi connectivity index (χ1v) is 13.0. The Balaban J connectivity index is 1.87. The largest absolute Gasteiger partial charge is 0.417 e. The van der Waals surface area contributed by atoms with Gasteiger partial charge in [0.05, 0.1) is 11.3 Å². The molecule has 11 heteroatoms. The SMILES string of the molecule is CN/C=C(\C(=N)C(=O)C1CCCC(F)(F)C[C@@H](C)C1CNC1=C/CC/C=C(C(F)(F)F)/C=N\1)c1ccccn1. The zero-order valence-corrected chi connectivity index (χ0v) is 22.0. The number of aliphatic imine (C=N–C) groups is 1. The van der Waals surface area contributed by atoms with Gasteiger partial charge in [-0.1, -0.05) is 19.1 Å². The number of carbonyl (C=O) groups excluding carboxylic acids is 1. The van der Waals surface area contributed by atoms with E-state index in [0.29, 0.717) is 12.1 Å². The number of pyridine rings is 1. The van der Waals surface area contributed by atoms with Gasteiger partial charge in [-0.3, -0.25) is 15.2 Å². The molecule has 6 nitrogen and oxygen atoms in total. The molecule has 2 heterocycles. The molecule has 2 aliphatic rings. The average Bonchev–Trinajstić information content (AvgIpc) is 2.85. The summed E-state index contributed by atoms with van der Waals surface area (Å²) in [5.74, 6) is -5.15. The Kier molecular flexibility index (Phi) is 10.2. The van der Waals surface area contributed by atoms with Crippen molar-refractivity contribution in [2.75, 3.05) is 13.6 Å². The summed E-state index contributed by atoms with van der Waals surface area (Å²) in [6.45, 7) is 1.70. The minimum Gasteiger partial charge on any atom is -0.393 e. The van der Waals surface area contributed by atoms with Gasteiger partial charge >= 0.3 is 6.18 Å². The van der Waals surface area contributed by atoms with Crippen LogP contribution in [0.25, 0.3) is 5.57 Å². The normalized spacial score (nSPS) is 27.8. The maximum absolute atomic E-state index is 14.5. The molecule has 0 spiro atoms. The van der Waals surface area contributed by atoms with E-state index in [1.807, 2.05) is 0 Å². The monoisotopic (exact) mass is 551 g/mol. The molecule has 0 aromatic carbocycles. The summed E-state index contributed by atoms with van der Waals surface area (Å²) in [5.41, 5.74) is -0.420. The molecule has 3 atom stereocenters. The Morgan fingerprint density at radius 3 is 2.64 bits per heavy atom. The molecule has 1 fully saturated rings. The Labute approximate surface area is 225 Å². The van der Waals surface area contributed by atoms with Crippen LogP contribution in [-0.2, 0) is 4.79 Å². The van der Waals surface area contributed by atoms with E-state index in [0.717, 1.165) is 12.3 Å². The molecule has 3 N–H and O–H groups in total. The third kappa shape index (κ3) is 8.31. The summed E-state index contributed by atoms with van der Waals surface area (Å²) in [5, 5.41) is 14.6. The van der Waals surface area contributed by atoms with Gasteiger partial charge in [0.15, 0.2) is 5.78 Å². The predicted molar refractivity (Wildman–Crippen MR) is 142 cm³/mol. The summed E-state index contributed by atoms with van der Waals surface area (Å²) in [6, 6.07) is 5.12. The fourth-order valence-corrected chi connectivity index (χ4v) is 5.08. The third-order valence-corrected chi connectivity index (χ3v) is 7.07. The van der Waals surface area contributed by atoms with Gasteiger partial charge in [-0.25, -0.2) is 13.8 Å². The van der Waals surface area contributed by atoms with Crippen molar-refractivity contribution in [2.45, 2.75) is 57.5 Å². The van der Waals surface area contributed by atoms with Gasteiger partial charge in [0.1, 0.15) is 11.5 Å². The zero-order valence-electron chi connectivity index (χ0n) is 22.0. The molecule has 39 heavy (non-hydrogen) atoms. The number of allylic oxidation sites excluding steroid dienone is 4. The first-order valence-electron chi connectivity index (χ1n) is 13.0. The van der Waals surface area contributed by atoms with Gasteiger partial charge in [0.2, 0.25) is 5.92 Å². The van der Waals surface area contributed by atoms with Gasteiger partial charge < -0.3 is 10.6 Å². The lowest BCUT2D eigenvalue weighted by atomic mass is 9.71. The molecule has 3 rings (SSSR count). The minimum atomic E-state index is -4.53. The van der Waals surface area contributed by atoms with E-state index in [1.165, 1.54) is 6.20 Å². The average molecular weight is 552 g/mol. The van der Waals surface area contributed by atoms with Crippen LogP contribution in [0.5, 0.6) is 0 Å². The molecule has 0 saturated heterocycles. The summed E-state index contributed by atoms with van der Waals surface area (Å²) in [4.78, 5) is 22.0. The van der Waals surface area contributed by atoms with Crippen LogP contribution in [0.1, 0.15) is 51.1 Å². The summed E-state index contributed by atoms with van der Waals surface area (Å²) in [7, 11) is 1.63.